The summed E-state index contributed by atoms with van der Waals surface area (Å²) in [5, 5.41) is 0. The molecule has 0 spiro atoms. The molecule has 0 aliphatic carbocycles. The third-order valence-corrected chi connectivity index (χ3v) is 3.81. The highest BCUT2D eigenvalue weighted by atomic mass is 15.1. The Bertz CT molecular complexity index is 554. The van der Waals surface area contributed by atoms with Crippen LogP contribution in [0.3, 0.4) is 0 Å². The van der Waals surface area contributed by atoms with E-state index in [4.69, 9.17) is 10.7 Å². The fourth-order valence-corrected chi connectivity index (χ4v) is 2.48. The van der Waals surface area contributed by atoms with Gasteiger partial charge in [-0.3, -0.25) is 0 Å². The van der Waals surface area contributed by atoms with Crippen LogP contribution in [0.15, 0.2) is 18.2 Å². The summed E-state index contributed by atoms with van der Waals surface area (Å²) in [7, 11) is 2.06. The molecule has 104 valence electrons. The van der Waals surface area contributed by atoms with Gasteiger partial charge in [0, 0.05) is 7.05 Å². The number of rotatable bonds is 5. The predicted octanol–water partition coefficient (Wildman–Crippen LogP) is 3.89. The zero-order chi connectivity index (χ0) is 14.0. The van der Waals surface area contributed by atoms with E-state index < -0.39 is 0 Å². The Morgan fingerprint density at radius 3 is 2.68 bits per heavy atom. The molecule has 0 radical (unpaired) electrons. The van der Waals surface area contributed by atoms with Gasteiger partial charge < -0.3 is 10.3 Å². The summed E-state index contributed by atoms with van der Waals surface area (Å²) in [6, 6.07) is 6.58. The van der Waals surface area contributed by atoms with E-state index in [-0.39, 0.29) is 6.04 Å². The van der Waals surface area contributed by atoms with Crippen molar-refractivity contribution in [3.8, 4) is 0 Å². The standard InChI is InChI=1S/C16H25N3/c1-5-6-7-13(17)16-18-14-10-12(11(2)3)8-9-15(14)19(16)4/h8-11,13H,5-7,17H2,1-4H3. The maximum Gasteiger partial charge on any atom is 0.126 e. The molecule has 0 bridgehead atoms. The molecule has 2 N–H and O–H groups in total. The smallest absolute Gasteiger partial charge is 0.126 e. The highest BCUT2D eigenvalue weighted by Crippen LogP contribution is 2.24. The van der Waals surface area contributed by atoms with E-state index in [1.54, 1.807) is 0 Å². The van der Waals surface area contributed by atoms with Crippen LogP contribution in [0.1, 0.15) is 63.4 Å². The fraction of sp³-hybridized carbons (Fsp3) is 0.562. The first kappa shape index (κ1) is 14.1. The normalized spacial score (nSPS) is 13.4. The second-order valence-electron chi connectivity index (χ2n) is 5.68. The van der Waals surface area contributed by atoms with Crippen molar-refractivity contribution in [1.82, 2.24) is 9.55 Å². The van der Waals surface area contributed by atoms with E-state index in [1.165, 1.54) is 17.5 Å². The van der Waals surface area contributed by atoms with E-state index in [9.17, 15) is 0 Å². The first-order chi connectivity index (χ1) is 9.04. The molecule has 0 fully saturated rings. The van der Waals surface area contributed by atoms with Gasteiger partial charge in [0.05, 0.1) is 17.1 Å². The lowest BCUT2D eigenvalue weighted by molar-refractivity contribution is 0.561. The number of aromatic nitrogens is 2. The van der Waals surface area contributed by atoms with E-state index in [2.05, 4.69) is 50.6 Å². The lowest BCUT2D eigenvalue weighted by Gasteiger charge is -2.10. The van der Waals surface area contributed by atoms with Crippen molar-refractivity contribution in [2.45, 2.75) is 52.0 Å². The Morgan fingerprint density at radius 1 is 1.32 bits per heavy atom. The number of hydrogen-bond donors (Lipinski definition) is 1. The highest BCUT2D eigenvalue weighted by molar-refractivity contribution is 5.77. The van der Waals surface area contributed by atoms with Crippen molar-refractivity contribution >= 4 is 11.0 Å². The average molecular weight is 259 g/mol. The molecule has 1 aromatic carbocycles. The van der Waals surface area contributed by atoms with Crippen LogP contribution in [0, 0.1) is 0 Å². The van der Waals surface area contributed by atoms with Gasteiger partial charge in [-0.15, -0.1) is 0 Å². The molecule has 2 aromatic rings. The van der Waals surface area contributed by atoms with Gasteiger partial charge >= 0.3 is 0 Å². The lowest BCUT2D eigenvalue weighted by atomic mass is 10.0. The Labute approximate surface area is 115 Å². The summed E-state index contributed by atoms with van der Waals surface area (Å²) < 4.78 is 2.14. The molecular formula is C16H25N3. The van der Waals surface area contributed by atoms with Gasteiger partial charge in [0.15, 0.2) is 0 Å². The number of nitrogens with two attached hydrogens (primary N) is 1. The van der Waals surface area contributed by atoms with Gasteiger partial charge in [-0.25, -0.2) is 4.98 Å². The number of hydrogen-bond acceptors (Lipinski definition) is 2. The molecule has 1 atom stereocenters. The number of aryl methyl sites for hydroxylation is 1. The molecule has 3 nitrogen and oxygen atoms in total. The molecule has 1 unspecified atom stereocenters. The van der Waals surface area contributed by atoms with Gasteiger partial charge in [-0.2, -0.15) is 0 Å². The monoisotopic (exact) mass is 259 g/mol. The number of unbranched alkanes of at least 4 members (excludes halogenated alkanes) is 1. The first-order valence-corrected chi connectivity index (χ1v) is 7.26. The predicted molar refractivity (Wildman–Crippen MR) is 81.3 cm³/mol. The Kier molecular flexibility index (Phi) is 4.25. The minimum atomic E-state index is 0.0415. The van der Waals surface area contributed by atoms with Crippen molar-refractivity contribution in [2.75, 3.05) is 0 Å². The summed E-state index contributed by atoms with van der Waals surface area (Å²) in [5.74, 6) is 1.54. The maximum atomic E-state index is 6.26. The van der Waals surface area contributed by atoms with Crippen LogP contribution in [-0.4, -0.2) is 9.55 Å². The second-order valence-corrected chi connectivity index (χ2v) is 5.68. The van der Waals surface area contributed by atoms with Crippen LogP contribution >= 0.6 is 0 Å². The van der Waals surface area contributed by atoms with Crippen molar-refractivity contribution in [3.63, 3.8) is 0 Å². The molecule has 0 aliphatic heterocycles. The van der Waals surface area contributed by atoms with Crippen LogP contribution in [0.5, 0.6) is 0 Å². The molecule has 0 saturated heterocycles. The van der Waals surface area contributed by atoms with Gasteiger partial charge in [-0.05, 0) is 30.0 Å². The highest BCUT2D eigenvalue weighted by Gasteiger charge is 2.15. The van der Waals surface area contributed by atoms with E-state index in [0.29, 0.717) is 5.92 Å². The van der Waals surface area contributed by atoms with Crippen molar-refractivity contribution in [2.24, 2.45) is 12.8 Å². The number of benzene rings is 1. The third kappa shape index (κ3) is 2.81. The molecule has 2 rings (SSSR count). The summed E-state index contributed by atoms with van der Waals surface area (Å²) in [4.78, 5) is 4.75. The SMILES string of the molecule is CCCCC(N)c1nc2cc(C(C)C)ccc2n1C. The van der Waals surface area contributed by atoms with Crippen LogP contribution in [0.25, 0.3) is 11.0 Å². The largest absolute Gasteiger partial charge is 0.330 e. The van der Waals surface area contributed by atoms with Crippen LogP contribution < -0.4 is 5.73 Å². The summed E-state index contributed by atoms with van der Waals surface area (Å²) in [6.45, 7) is 6.60. The van der Waals surface area contributed by atoms with Gasteiger partial charge in [-0.1, -0.05) is 39.7 Å². The zero-order valence-corrected chi connectivity index (χ0v) is 12.5. The van der Waals surface area contributed by atoms with Crippen molar-refractivity contribution < 1.29 is 0 Å². The topological polar surface area (TPSA) is 43.8 Å². The summed E-state index contributed by atoms with van der Waals surface area (Å²) in [6.07, 6.45) is 3.33. The van der Waals surface area contributed by atoms with Gasteiger partial charge in [0.1, 0.15) is 5.82 Å². The quantitative estimate of drug-likeness (QED) is 0.885. The Morgan fingerprint density at radius 2 is 2.05 bits per heavy atom. The molecule has 0 amide bonds. The maximum absolute atomic E-state index is 6.26. The Balaban J connectivity index is 2.38. The zero-order valence-electron chi connectivity index (χ0n) is 12.5. The van der Waals surface area contributed by atoms with Crippen molar-refractivity contribution in [1.29, 1.82) is 0 Å². The minimum Gasteiger partial charge on any atom is -0.330 e. The van der Waals surface area contributed by atoms with Gasteiger partial charge in [0.2, 0.25) is 0 Å². The molecule has 3 heteroatoms. The molecule has 1 aromatic heterocycles. The molecule has 1 heterocycles. The molecule has 0 aliphatic rings. The second kappa shape index (κ2) is 5.74. The summed E-state index contributed by atoms with van der Waals surface area (Å²) in [5.41, 5.74) is 9.83. The lowest BCUT2D eigenvalue weighted by Crippen LogP contribution is -2.15. The molecule has 19 heavy (non-hydrogen) atoms. The minimum absolute atomic E-state index is 0.0415. The average Bonchev–Trinajstić information content (AvgIpc) is 2.73. The van der Waals surface area contributed by atoms with E-state index in [1.807, 2.05) is 0 Å². The third-order valence-electron chi connectivity index (χ3n) is 3.81. The van der Waals surface area contributed by atoms with Gasteiger partial charge in [0.25, 0.3) is 0 Å². The molecular weight excluding hydrogens is 234 g/mol. The van der Waals surface area contributed by atoms with Crippen molar-refractivity contribution in [3.05, 3.63) is 29.6 Å². The number of imidazole rings is 1. The number of fused-ring (bicyclic) bond motifs is 1. The van der Waals surface area contributed by atoms with Crippen LogP contribution in [0.2, 0.25) is 0 Å². The first-order valence-electron chi connectivity index (χ1n) is 7.26. The Hall–Kier alpha value is -1.35. The fourth-order valence-electron chi connectivity index (χ4n) is 2.48. The summed E-state index contributed by atoms with van der Waals surface area (Å²) >= 11 is 0. The molecule has 0 saturated carbocycles. The van der Waals surface area contributed by atoms with E-state index >= 15 is 0 Å². The van der Waals surface area contributed by atoms with Crippen LogP contribution in [-0.2, 0) is 7.05 Å². The van der Waals surface area contributed by atoms with E-state index in [0.717, 1.165) is 24.2 Å². The number of nitrogens with zero attached hydrogens (tertiary/aromatic N) is 2. The van der Waals surface area contributed by atoms with Crippen LogP contribution in [0.4, 0.5) is 0 Å².